The monoisotopic (exact) mass is 708 g/mol. The second kappa shape index (κ2) is 18.1. The van der Waals surface area contributed by atoms with E-state index in [9.17, 15) is 43.5 Å². The minimum atomic E-state index is -1.45. The fraction of sp³-hybridized carbons (Fsp3) is 0.750. The maximum atomic E-state index is 13.5. The summed E-state index contributed by atoms with van der Waals surface area (Å²) in [5, 5.41) is 28.8. The zero-order chi connectivity index (χ0) is 37.3. The molecule has 0 radical (unpaired) electrons. The van der Waals surface area contributed by atoms with Crippen LogP contribution in [-0.4, -0.2) is 147 Å². The highest BCUT2D eigenvalue weighted by molar-refractivity contribution is 5.98. The highest BCUT2D eigenvalue weighted by Gasteiger charge is 2.44. The van der Waals surface area contributed by atoms with Crippen LogP contribution >= 0.6 is 0 Å². The van der Waals surface area contributed by atoms with E-state index in [1.165, 1.54) is 21.6 Å². The second-order valence-electron chi connectivity index (χ2n) is 13.3. The number of likely N-dealkylation sites (tertiary alicyclic amines) is 3. The summed E-state index contributed by atoms with van der Waals surface area (Å²) in [7, 11) is 0. The smallest absolute Gasteiger partial charge is 0.322 e. The lowest BCUT2D eigenvalue weighted by Crippen LogP contribution is -2.60. The molecule has 0 aromatic heterocycles. The molecule has 3 saturated heterocycles. The molecule has 3 aliphatic rings. The normalized spacial score (nSPS) is 23.3. The number of aliphatic carboxylic acids is 1. The standard InChI is InChI=1S/C32H52N8O10/c1-5-17(2)25(29(47)34-15-24(42)43)37-28(46)22-10-6-12-38(22)31(49)19(4)35-26(44)20(16-41)36-27(45)21-9-7-13-39(21)32(50)23-11-8-14-40(23)30(48)18(3)33/h17-23,25,41H,5-16,33H2,1-4H3,(H,34,47)(H,35,44)(H,36,45)(H,37,46)(H,42,43)/t17-,18-,19-,20-,21-,22-,23-,25-/m0/s1. The number of carboxylic acids is 1. The molecule has 0 aromatic rings. The van der Waals surface area contributed by atoms with Crippen LogP contribution in [0.3, 0.4) is 0 Å². The first-order chi connectivity index (χ1) is 23.6. The highest BCUT2D eigenvalue weighted by atomic mass is 16.4. The van der Waals surface area contributed by atoms with Crippen LogP contribution in [0, 0.1) is 5.92 Å². The Hall–Kier alpha value is -4.32. The molecule has 18 nitrogen and oxygen atoms in total. The molecule has 3 fully saturated rings. The van der Waals surface area contributed by atoms with Crippen molar-refractivity contribution in [2.24, 2.45) is 11.7 Å². The van der Waals surface area contributed by atoms with Crippen LogP contribution in [0.1, 0.15) is 72.6 Å². The van der Waals surface area contributed by atoms with Gasteiger partial charge in [0.1, 0.15) is 42.8 Å². The fourth-order valence-corrected chi connectivity index (χ4v) is 6.66. The Morgan fingerprint density at radius 2 is 1.26 bits per heavy atom. The molecule has 8 atom stereocenters. The molecule has 7 amide bonds. The largest absolute Gasteiger partial charge is 0.480 e. The van der Waals surface area contributed by atoms with Crippen molar-refractivity contribution in [3.05, 3.63) is 0 Å². The lowest BCUT2D eigenvalue weighted by Gasteiger charge is -2.32. The molecular formula is C32H52N8O10. The number of rotatable bonds is 15. The molecular weight excluding hydrogens is 656 g/mol. The quantitative estimate of drug-likeness (QED) is 0.0903. The maximum Gasteiger partial charge on any atom is 0.322 e. The Labute approximate surface area is 291 Å². The van der Waals surface area contributed by atoms with Crippen LogP contribution in [0.4, 0.5) is 0 Å². The Balaban J connectivity index is 1.61. The molecule has 50 heavy (non-hydrogen) atoms. The van der Waals surface area contributed by atoms with Crippen LogP contribution < -0.4 is 27.0 Å². The number of carbonyl (C=O) groups excluding carboxylic acids is 7. The van der Waals surface area contributed by atoms with Gasteiger partial charge < -0.3 is 51.9 Å². The number of hydrogen-bond acceptors (Lipinski definition) is 10. The molecule has 0 aromatic carbocycles. The number of aliphatic hydroxyl groups excluding tert-OH is 1. The third kappa shape index (κ3) is 9.68. The number of nitrogens with two attached hydrogens (primary N) is 1. The van der Waals surface area contributed by atoms with Gasteiger partial charge in [0.15, 0.2) is 0 Å². The van der Waals surface area contributed by atoms with Crippen molar-refractivity contribution in [3.8, 4) is 0 Å². The summed E-state index contributed by atoms with van der Waals surface area (Å²) < 4.78 is 0. The van der Waals surface area contributed by atoms with Gasteiger partial charge in [-0.2, -0.15) is 0 Å². The van der Waals surface area contributed by atoms with Crippen molar-refractivity contribution in [1.29, 1.82) is 0 Å². The van der Waals surface area contributed by atoms with E-state index in [4.69, 9.17) is 10.8 Å². The number of carboxylic acid groups (broad SMARTS) is 1. The average molecular weight is 709 g/mol. The minimum absolute atomic E-state index is 0.205. The lowest BCUT2D eigenvalue weighted by molar-refractivity contribution is -0.147. The number of carbonyl (C=O) groups is 8. The second-order valence-corrected chi connectivity index (χ2v) is 13.3. The summed E-state index contributed by atoms with van der Waals surface area (Å²) in [4.78, 5) is 107. The van der Waals surface area contributed by atoms with Gasteiger partial charge in [-0.15, -0.1) is 0 Å². The first-order valence-electron chi connectivity index (χ1n) is 17.3. The Morgan fingerprint density at radius 3 is 1.80 bits per heavy atom. The molecule has 0 saturated carbocycles. The molecule has 3 rings (SSSR count). The summed E-state index contributed by atoms with van der Waals surface area (Å²) in [6, 6.07) is -7.03. The molecule has 18 heteroatoms. The van der Waals surface area contributed by atoms with Gasteiger partial charge in [-0.25, -0.2) is 0 Å². The number of amides is 7. The van der Waals surface area contributed by atoms with E-state index in [2.05, 4.69) is 21.3 Å². The van der Waals surface area contributed by atoms with E-state index in [-0.39, 0.29) is 30.8 Å². The summed E-state index contributed by atoms with van der Waals surface area (Å²) in [6.07, 6.45) is 3.19. The lowest BCUT2D eigenvalue weighted by atomic mass is 9.97. The topological polar surface area (TPSA) is 261 Å². The summed E-state index contributed by atoms with van der Waals surface area (Å²) in [5.41, 5.74) is 5.76. The molecule has 3 heterocycles. The molecule has 0 unspecified atom stereocenters. The zero-order valence-corrected chi connectivity index (χ0v) is 29.2. The van der Waals surface area contributed by atoms with Crippen LogP contribution in [0.25, 0.3) is 0 Å². The molecule has 0 aliphatic carbocycles. The van der Waals surface area contributed by atoms with Gasteiger partial charge in [-0.3, -0.25) is 38.4 Å². The predicted octanol–water partition coefficient (Wildman–Crippen LogP) is -2.98. The van der Waals surface area contributed by atoms with Crippen LogP contribution in [0.5, 0.6) is 0 Å². The minimum Gasteiger partial charge on any atom is -0.480 e. The molecule has 280 valence electrons. The van der Waals surface area contributed by atoms with Gasteiger partial charge >= 0.3 is 5.97 Å². The van der Waals surface area contributed by atoms with E-state index in [1.54, 1.807) is 13.8 Å². The number of aliphatic hydroxyl groups is 1. The highest BCUT2D eigenvalue weighted by Crippen LogP contribution is 2.26. The van der Waals surface area contributed by atoms with Crippen molar-refractivity contribution < 1.29 is 48.6 Å². The average Bonchev–Trinajstić information content (AvgIpc) is 3.88. The van der Waals surface area contributed by atoms with Gasteiger partial charge in [0, 0.05) is 19.6 Å². The van der Waals surface area contributed by atoms with Crippen LogP contribution in [0.15, 0.2) is 0 Å². The van der Waals surface area contributed by atoms with Gasteiger partial charge in [-0.05, 0) is 58.3 Å². The van der Waals surface area contributed by atoms with Crippen molar-refractivity contribution >= 4 is 47.3 Å². The van der Waals surface area contributed by atoms with Crippen molar-refractivity contribution in [3.63, 3.8) is 0 Å². The van der Waals surface area contributed by atoms with E-state index in [1.807, 2.05) is 6.92 Å². The molecule has 3 aliphatic heterocycles. The summed E-state index contributed by atoms with van der Waals surface area (Å²) >= 11 is 0. The number of hydrogen-bond donors (Lipinski definition) is 7. The fourth-order valence-electron chi connectivity index (χ4n) is 6.66. The Morgan fingerprint density at radius 1 is 0.740 bits per heavy atom. The molecule has 8 N–H and O–H groups in total. The summed E-state index contributed by atoms with van der Waals surface area (Å²) in [5.74, 6) is -5.66. The molecule has 0 bridgehead atoms. The van der Waals surface area contributed by atoms with Crippen molar-refractivity contribution in [2.75, 3.05) is 32.8 Å². The number of nitrogens with zero attached hydrogens (tertiary/aromatic N) is 3. The SMILES string of the molecule is CC[C@H](C)[C@H](NC(=O)[C@@H]1CCCN1C(=O)[C@H](C)NC(=O)[C@H](CO)NC(=O)[C@@H]1CCCN1C(=O)[C@@H]1CCCN1C(=O)[C@H](C)N)C(=O)NCC(=O)O. The van der Waals surface area contributed by atoms with Gasteiger partial charge in [-0.1, -0.05) is 20.3 Å². The third-order valence-corrected chi connectivity index (χ3v) is 9.64. The zero-order valence-electron chi connectivity index (χ0n) is 29.2. The van der Waals surface area contributed by atoms with Gasteiger partial charge in [0.25, 0.3) is 0 Å². The van der Waals surface area contributed by atoms with Crippen LogP contribution in [0.2, 0.25) is 0 Å². The molecule has 0 spiro atoms. The van der Waals surface area contributed by atoms with E-state index in [0.29, 0.717) is 51.5 Å². The maximum absolute atomic E-state index is 13.5. The van der Waals surface area contributed by atoms with Gasteiger partial charge in [0.05, 0.1) is 12.6 Å². The first kappa shape index (κ1) is 40.1. The van der Waals surface area contributed by atoms with E-state index >= 15 is 0 Å². The summed E-state index contributed by atoms with van der Waals surface area (Å²) in [6.45, 7) is 5.95. The van der Waals surface area contributed by atoms with E-state index in [0.717, 1.165) is 0 Å². The van der Waals surface area contributed by atoms with Crippen LogP contribution in [-0.2, 0) is 38.4 Å². The van der Waals surface area contributed by atoms with E-state index < -0.39 is 90.9 Å². The van der Waals surface area contributed by atoms with Crippen molar-refractivity contribution in [2.45, 2.75) is 115 Å². The Bertz CT molecular complexity index is 1310. The number of nitrogens with one attached hydrogen (secondary N) is 4. The Kier molecular flexibility index (Phi) is 14.5. The first-order valence-corrected chi connectivity index (χ1v) is 17.3. The predicted molar refractivity (Wildman–Crippen MR) is 177 cm³/mol. The van der Waals surface area contributed by atoms with Gasteiger partial charge in [0.2, 0.25) is 41.4 Å². The third-order valence-electron chi connectivity index (χ3n) is 9.64. The van der Waals surface area contributed by atoms with Crippen molar-refractivity contribution in [1.82, 2.24) is 36.0 Å².